The van der Waals surface area contributed by atoms with Crippen LogP contribution in [0.15, 0.2) is 36.4 Å². The molecular formula is C13H14INS. The fourth-order valence-electron chi connectivity index (χ4n) is 1.77. The van der Waals surface area contributed by atoms with Gasteiger partial charge in [-0.1, -0.05) is 18.2 Å². The fourth-order valence-corrected chi connectivity index (χ4v) is 3.47. The Morgan fingerprint density at radius 1 is 1.19 bits per heavy atom. The van der Waals surface area contributed by atoms with Crippen LogP contribution >= 0.6 is 33.9 Å². The molecule has 0 fully saturated rings. The monoisotopic (exact) mass is 343 g/mol. The summed E-state index contributed by atoms with van der Waals surface area (Å²) in [5, 5.41) is 3.39. The van der Waals surface area contributed by atoms with Crippen molar-refractivity contribution in [2.24, 2.45) is 0 Å². The number of halogens is 1. The van der Waals surface area contributed by atoms with Gasteiger partial charge >= 0.3 is 0 Å². The van der Waals surface area contributed by atoms with E-state index >= 15 is 0 Å². The SMILES string of the molecule is CNC(c1ccc(C)s1)c1ccccc1I. The first kappa shape index (κ1) is 12.1. The smallest absolute Gasteiger partial charge is 0.0679 e. The summed E-state index contributed by atoms with van der Waals surface area (Å²) in [6.45, 7) is 2.15. The van der Waals surface area contributed by atoms with E-state index in [1.54, 1.807) is 0 Å². The lowest BCUT2D eigenvalue weighted by Gasteiger charge is -2.16. The zero-order chi connectivity index (χ0) is 11.5. The Labute approximate surface area is 114 Å². The van der Waals surface area contributed by atoms with Crippen molar-refractivity contribution < 1.29 is 0 Å². The molecule has 0 saturated carbocycles. The average molecular weight is 343 g/mol. The highest BCUT2D eigenvalue weighted by Crippen LogP contribution is 2.30. The van der Waals surface area contributed by atoms with E-state index in [1.807, 2.05) is 18.4 Å². The Hall–Kier alpha value is -0.390. The highest BCUT2D eigenvalue weighted by Gasteiger charge is 2.15. The predicted molar refractivity (Wildman–Crippen MR) is 79.1 cm³/mol. The van der Waals surface area contributed by atoms with Crippen molar-refractivity contribution in [3.63, 3.8) is 0 Å². The molecular weight excluding hydrogens is 329 g/mol. The second-order valence-corrected chi connectivity index (χ2v) is 6.17. The van der Waals surface area contributed by atoms with E-state index in [0.29, 0.717) is 6.04 Å². The van der Waals surface area contributed by atoms with Gasteiger partial charge in [0.2, 0.25) is 0 Å². The van der Waals surface area contributed by atoms with Crippen molar-refractivity contribution in [1.82, 2.24) is 5.32 Å². The molecule has 1 heterocycles. The van der Waals surface area contributed by atoms with Gasteiger partial charge in [0.05, 0.1) is 6.04 Å². The highest BCUT2D eigenvalue weighted by atomic mass is 127. The molecule has 1 nitrogen and oxygen atoms in total. The van der Waals surface area contributed by atoms with Crippen molar-refractivity contribution in [3.05, 3.63) is 55.3 Å². The topological polar surface area (TPSA) is 12.0 Å². The fraction of sp³-hybridized carbons (Fsp3) is 0.231. The van der Waals surface area contributed by atoms with E-state index in [-0.39, 0.29) is 0 Å². The number of benzene rings is 1. The number of thiophene rings is 1. The molecule has 0 saturated heterocycles. The summed E-state index contributed by atoms with van der Waals surface area (Å²) < 4.78 is 1.31. The second kappa shape index (κ2) is 5.29. The van der Waals surface area contributed by atoms with Crippen molar-refractivity contribution in [3.8, 4) is 0 Å². The zero-order valence-corrected chi connectivity index (χ0v) is 12.3. The van der Waals surface area contributed by atoms with Crippen LogP contribution in [-0.4, -0.2) is 7.05 Å². The summed E-state index contributed by atoms with van der Waals surface area (Å²) in [4.78, 5) is 2.74. The number of hydrogen-bond donors (Lipinski definition) is 1. The van der Waals surface area contributed by atoms with Crippen molar-refractivity contribution in [1.29, 1.82) is 0 Å². The van der Waals surface area contributed by atoms with E-state index in [9.17, 15) is 0 Å². The molecule has 1 aromatic carbocycles. The van der Waals surface area contributed by atoms with Crippen LogP contribution in [0.25, 0.3) is 0 Å². The lowest BCUT2D eigenvalue weighted by molar-refractivity contribution is 0.700. The van der Waals surface area contributed by atoms with Crippen LogP contribution in [0.2, 0.25) is 0 Å². The summed E-state index contributed by atoms with van der Waals surface area (Å²) in [6, 6.07) is 13.2. The Morgan fingerprint density at radius 3 is 2.50 bits per heavy atom. The molecule has 0 bridgehead atoms. The molecule has 84 valence electrons. The van der Waals surface area contributed by atoms with Crippen molar-refractivity contribution >= 4 is 33.9 Å². The zero-order valence-electron chi connectivity index (χ0n) is 9.33. The van der Waals surface area contributed by atoms with Gasteiger partial charge in [0.25, 0.3) is 0 Å². The second-order valence-electron chi connectivity index (χ2n) is 3.69. The summed E-state index contributed by atoms with van der Waals surface area (Å²) in [5.74, 6) is 0. The van der Waals surface area contributed by atoms with Crippen LogP contribution in [0.1, 0.15) is 21.4 Å². The van der Waals surface area contributed by atoms with Gasteiger partial charge in [-0.25, -0.2) is 0 Å². The molecule has 0 aliphatic rings. The molecule has 0 amide bonds. The Morgan fingerprint density at radius 2 is 1.94 bits per heavy atom. The van der Waals surface area contributed by atoms with E-state index in [0.717, 1.165) is 0 Å². The molecule has 0 aliphatic carbocycles. The van der Waals surface area contributed by atoms with Crippen LogP contribution in [0.3, 0.4) is 0 Å². The third-order valence-electron chi connectivity index (χ3n) is 2.55. The minimum absolute atomic E-state index is 0.312. The third-order valence-corrected chi connectivity index (χ3v) is 4.60. The molecule has 1 atom stereocenters. The first-order valence-corrected chi connectivity index (χ1v) is 7.10. The van der Waals surface area contributed by atoms with Gasteiger partial charge in [0, 0.05) is 13.3 Å². The molecule has 16 heavy (non-hydrogen) atoms. The Balaban J connectivity index is 2.40. The number of hydrogen-bond acceptors (Lipinski definition) is 2. The largest absolute Gasteiger partial charge is 0.309 e. The Kier molecular flexibility index (Phi) is 4.00. The molecule has 1 aromatic heterocycles. The maximum absolute atomic E-state index is 3.39. The standard InChI is InChI=1S/C13H14INS/c1-9-7-8-12(16-9)13(15-2)10-5-3-4-6-11(10)14/h3-8,13,15H,1-2H3. The van der Waals surface area contributed by atoms with Gasteiger partial charge in [-0.05, 0) is 60.3 Å². The first-order chi connectivity index (χ1) is 7.72. The van der Waals surface area contributed by atoms with Gasteiger partial charge < -0.3 is 5.32 Å². The summed E-state index contributed by atoms with van der Waals surface area (Å²) in [5.41, 5.74) is 1.35. The van der Waals surface area contributed by atoms with Crippen LogP contribution in [0, 0.1) is 10.5 Å². The molecule has 2 rings (SSSR count). The van der Waals surface area contributed by atoms with Crippen LogP contribution < -0.4 is 5.32 Å². The molecule has 0 spiro atoms. The first-order valence-electron chi connectivity index (χ1n) is 5.20. The van der Waals surface area contributed by atoms with Crippen LogP contribution in [-0.2, 0) is 0 Å². The predicted octanol–water partition coefficient (Wildman–Crippen LogP) is 3.97. The summed E-state index contributed by atoms with van der Waals surface area (Å²) >= 11 is 4.26. The number of aryl methyl sites for hydroxylation is 1. The van der Waals surface area contributed by atoms with Gasteiger partial charge in [-0.2, -0.15) is 0 Å². The van der Waals surface area contributed by atoms with Gasteiger partial charge in [-0.15, -0.1) is 11.3 Å². The van der Waals surface area contributed by atoms with E-state index in [1.165, 1.54) is 18.9 Å². The normalized spacial score (nSPS) is 12.7. The van der Waals surface area contributed by atoms with E-state index in [2.05, 4.69) is 71.2 Å². The lowest BCUT2D eigenvalue weighted by Crippen LogP contribution is -2.17. The van der Waals surface area contributed by atoms with Crippen LogP contribution in [0.4, 0.5) is 0 Å². The molecule has 1 N–H and O–H groups in total. The summed E-state index contributed by atoms with van der Waals surface area (Å²) in [6.07, 6.45) is 0. The molecule has 1 unspecified atom stereocenters. The van der Waals surface area contributed by atoms with E-state index in [4.69, 9.17) is 0 Å². The van der Waals surface area contributed by atoms with E-state index < -0.39 is 0 Å². The third kappa shape index (κ3) is 2.47. The van der Waals surface area contributed by atoms with Gasteiger partial charge in [0.15, 0.2) is 0 Å². The molecule has 0 radical (unpaired) electrons. The minimum Gasteiger partial charge on any atom is -0.309 e. The Bertz CT molecular complexity index is 478. The lowest BCUT2D eigenvalue weighted by atomic mass is 10.1. The van der Waals surface area contributed by atoms with Crippen molar-refractivity contribution in [2.45, 2.75) is 13.0 Å². The molecule has 0 aliphatic heterocycles. The van der Waals surface area contributed by atoms with Crippen LogP contribution in [0.5, 0.6) is 0 Å². The minimum atomic E-state index is 0.312. The highest BCUT2D eigenvalue weighted by molar-refractivity contribution is 14.1. The maximum Gasteiger partial charge on any atom is 0.0679 e. The average Bonchev–Trinajstić information content (AvgIpc) is 2.69. The number of rotatable bonds is 3. The maximum atomic E-state index is 3.39. The van der Waals surface area contributed by atoms with Crippen molar-refractivity contribution in [2.75, 3.05) is 7.05 Å². The summed E-state index contributed by atoms with van der Waals surface area (Å²) in [7, 11) is 2.02. The number of nitrogens with one attached hydrogen (secondary N) is 1. The van der Waals surface area contributed by atoms with Gasteiger partial charge in [-0.3, -0.25) is 0 Å². The quantitative estimate of drug-likeness (QED) is 0.832. The van der Waals surface area contributed by atoms with Gasteiger partial charge in [0.1, 0.15) is 0 Å². The molecule has 2 aromatic rings. The molecule has 3 heteroatoms.